The number of esters is 1. The van der Waals surface area contributed by atoms with Crippen molar-refractivity contribution in [3.8, 4) is 0 Å². The van der Waals surface area contributed by atoms with Gasteiger partial charge in [-0.3, -0.25) is 24.5 Å². The van der Waals surface area contributed by atoms with Gasteiger partial charge in [-0.2, -0.15) is 0 Å². The van der Waals surface area contributed by atoms with Gasteiger partial charge in [-0.15, -0.1) is 0 Å². The van der Waals surface area contributed by atoms with E-state index in [1.54, 1.807) is 6.92 Å². The molecule has 0 radical (unpaired) electrons. The van der Waals surface area contributed by atoms with Gasteiger partial charge in [-0.25, -0.2) is 0 Å². The lowest BCUT2D eigenvalue weighted by Gasteiger charge is -2.19. The molecule has 23 heavy (non-hydrogen) atoms. The average molecular weight is 322 g/mol. The number of nitro benzene ring substituents is 1. The van der Waals surface area contributed by atoms with Gasteiger partial charge in [-0.05, 0) is 13.0 Å². The number of nitro groups is 1. The lowest BCUT2D eigenvalue weighted by molar-refractivity contribution is -0.385. The molecule has 1 heterocycles. The Morgan fingerprint density at radius 3 is 2.74 bits per heavy atom. The fraction of sp³-hybridized carbons (Fsp3) is 0.357. The van der Waals surface area contributed by atoms with Crippen LogP contribution >= 0.6 is 0 Å². The monoisotopic (exact) mass is 322 g/mol. The van der Waals surface area contributed by atoms with E-state index < -0.39 is 41.0 Å². The first-order valence-corrected chi connectivity index (χ1v) is 6.78. The molecule has 0 spiro atoms. The van der Waals surface area contributed by atoms with Crippen LogP contribution in [0.1, 0.15) is 25.3 Å². The van der Waals surface area contributed by atoms with E-state index in [1.807, 2.05) is 0 Å². The SMILES string of the molecule is CCOC(=O)CC(=O)CC1(O)C(=O)Nc2ccc([N+](=O)[O-])cc21. The minimum atomic E-state index is -2.25. The highest BCUT2D eigenvalue weighted by Gasteiger charge is 2.47. The Morgan fingerprint density at radius 1 is 1.43 bits per heavy atom. The van der Waals surface area contributed by atoms with Crippen LogP contribution in [0.15, 0.2) is 18.2 Å². The van der Waals surface area contributed by atoms with Crippen LogP contribution in [0, 0.1) is 10.1 Å². The fourth-order valence-electron chi connectivity index (χ4n) is 2.34. The van der Waals surface area contributed by atoms with Gasteiger partial charge in [0.1, 0.15) is 12.2 Å². The third-order valence-corrected chi connectivity index (χ3v) is 3.38. The molecule has 1 aromatic rings. The van der Waals surface area contributed by atoms with Crippen molar-refractivity contribution in [2.24, 2.45) is 0 Å². The molecule has 1 atom stereocenters. The highest BCUT2D eigenvalue weighted by atomic mass is 16.6. The Balaban J connectivity index is 2.26. The maximum Gasteiger partial charge on any atom is 0.313 e. The van der Waals surface area contributed by atoms with Gasteiger partial charge < -0.3 is 15.2 Å². The summed E-state index contributed by atoms with van der Waals surface area (Å²) >= 11 is 0. The van der Waals surface area contributed by atoms with Crippen LogP contribution in [0.4, 0.5) is 11.4 Å². The summed E-state index contributed by atoms with van der Waals surface area (Å²) in [5.74, 6) is -2.34. The molecule has 1 amide bonds. The molecule has 0 fully saturated rings. The standard InChI is InChI=1S/C14H14N2O7/c1-2-23-12(18)6-9(17)7-14(20)10-5-8(16(21)22)3-4-11(10)15-13(14)19/h3-5,20H,2,6-7H2,1H3,(H,15,19). The van der Waals surface area contributed by atoms with E-state index >= 15 is 0 Å². The highest BCUT2D eigenvalue weighted by Crippen LogP contribution is 2.40. The number of hydrogen-bond donors (Lipinski definition) is 2. The van der Waals surface area contributed by atoms with Gasteiger partial charge in [0.2, 0.25) is 0 Å². The number of nitrogens with zero attached hydrogens (tertiary/aromatic N) is 1. The number of aliphatic hydroxyl groups is 1. The Morgan fingerprint density at radius 2 is 2.13 bits per heavy atom. The smallest absolute Gasteiger partial charge is 0.313 e. The Hall–Kier alpha value is -2.81. The Bertz CT molecular complexity index is 700. The highest BCUT2D eigenvalue weighted by molar-refractivity contribution is 6.08. The molecule has 9 heteroatoms. The quantitative estimate of drug-likeness (QED) is 0.339. The van der Waals surface area contributed by atoms with Crippen molar-refractivity contribution in [1.29, 1.82) is 0 Å². The molecule has 0 aliphatic carbocycles. The zero-order chi connectivity index (χ0) is 17.2. The van der Waals surface area contributed by atoms with E-state index in [0.717, 1.165) is 6.07 Å². The molecule has 0 bridgehead atoms. The van der Waals surface area contributed by atoms with Crippen molar-refractivity contribution in [2.45, 2.75) is 25.4 Å². The first kappa shape index (κ1) is 16.6. The van der Waals surface area contributed by atoms with E-state index in [1.165, 1.54) is 12.1 Å². The molecule has 0 aromatic heterocycles. The fourth-order valence-corrected chi connectivity index (χ4v) is 2.34. The van der Waals surface area contributed by atoms with Crippen molar-refractivity contribution in [1.82, 2.24) is 0 Å². The zero-order valence-corrected chi connectivity index (χ0v) is 12.2. The van der Waals surface area contributed by atoms with Crippen LogP contribution in [0.2, 0.25) is 0 Å². The van der Waals surface area contributed by atoms with Gasteiger partial charge in [0, 0.05) is 29.8 Å². The maximum atomic E-state index is 12.0. The summed E-state index contributed by atoms with van der Waals surface area (Å²) in [7, 11) is 0. The summed E-state index contributed by atoms with van der Waals surface area (Å²) < 4.78 is 4.63. The molecule has 1 unspecified atom stereocenters. The number of amides is 1. The van der Waals surface area contributed by atoms with Gasteiger partial charge in [0.05, 0.1) is 11.5 Å². The molecular formula is C14H14N2O7. The number of non-ortho nitro benzene ring substituents is 1. The number of carbonyl (C=O) groups is 3. The van der Waals surface area contributed by atoms with Crippen LogP contribution in [0.5, 0.6) is 0 Å². The maximum absolute atomic E-state index is 12.0. The molecule has 122 valence electrons. The molecule has 1 aliphatic heterocycles. The van der Waals surface area contributed by atoms with Crippen molar-refractivity contribution in [3.63, 3.8) is 0 Å². The number of carbonyl (C=O) groups excluding carboxylic acids is 3. The van der Waals surface area contributed by atoms with Crippen molar-refractivity contribution in [2.75, 3.05) is 11.9 Å². The van der Waals surface area contributed by atoms with E-state index in [2.05, 4.69) is 10.1 Å². The molecule has 9 nitrogen and oxygen atoms in total. The van der Waals surface area contributed by atoms with E-state index in [-0.39, 0.29) is 23.5 Å². The van der Waals surface area contributed by atoms with Crippen LogP contribution in [0.25, 0.3) is 0 Å². The van der Waals surface area contributed by atoms with Gasteiger partial charge >= 0.3 is 5.97 Å². The number of hydrogen-bond acceptors (Lipinski definition) is 7. The molecule has 2 N–H and O–H groups in total. The van der Waals surface area contributed by atoms with Crippen molar-refractivity contribution in [3.05, 3.63) is 33.9 Å². The third-order valence-electron chi connectivity index (χ3n) is 3.38. The Kier molecular flexibility index (Phi) is 4.41. The lowest BCUT2D eigenvalue weighted by atomic mass is 9.89. The minimum Gasteiger partial charge on any atom is -0.466 e. The largest absolute Gasteiger partial charge is 0.466 e. The summed E-state index contributed by atoms with van der Waals surface area (Å²) in [4.78, 5) is 45.3. The Labute approximate surface area is 130 Å². The lowest BCUT2D eigenvalue weighted by Crippen LogP contribution is -2.37. The van der Waals surface area contributed by atoms with Crippen LogP contribution in [-0.2, 0) is 24.7 Å². The zero-order valence-electron chi connectivity index (χ0n) is 12.2. The first-order valence-electron chi connectivity index (χ1n) is 6.78. The third kappa shape index (κ3) is 3.19. The molecule has 1 aromatic carbocycles. The molecule has 0 saturated heterocycles. The van der Waals surface area contributed by atoms with E-state index in [9.17, 15) is 29.6 Å². The second-order valence-electron chi connectivity index (χ2n) is 5.00. The molecule has 1 aliphatic rings. The number of rotatable bonds is 6. The summed E-state index contributed by atoms with van der Waals surface area (Å²) in [5.41, 5.74) is -2.44. The summed E-state index contributed by atoms with van der Waals surface area (Å²) in [6, 6.07) is 3.48. The van der Waals surface area contributed by atoms with Gasteiger partial charge in [-0.1, -0.05) is 0 Å². The molecular weight excluding hydrogens is 308 g/mol. The van der Waals surface area contributed by atoms with Crippen LogP contribution in [0.3, 0.4) is 0 Å². The second-order valence-corrected chi connectivity index (χ2v) is 5.00. The summed E-state index contributed by atoms with van der Waals surface area (Å²) in [6.07, 6.45) is -1.26. The predicted molar refractivity (Wildman–Crippen MR) is 76.5 cm³/mol. The number of Topliss-reactive ketones (excluding diaryl/α,β-unsaturated/α-hetero) is 1. The van der Waals surface area contributed by atoms with Crippen LogP contribution in [-0.4, -0.2) is 34.3 Å². The first-order chi connectivity index (χ1) is 10.8. The van der Waals surface area contributed by atoms with Gasteiger partial charge in [0.25, 0.3) is 11.6 Å². The number of nitrogens with one attached hydrogen (secondary N) is 1. The predicted octanol–water partition coefficient (Wildman–Crippen LogP) is 0.647. The van der Waals surface area contributed by atoms with Crippen molar-refractivity contribution >= 4 is 29.0 Å². The summed E-state index contributed by atoms with van der Waals surface area (Å²) in [6.45, 7) is 1.68. The van der Waals surface area contributed by atoms with E-state index in [0.29, 0.717) is 0 Å². The van der Waals surface area contributed by atoms with E-state index in [4.69, 9.17) is 0 Å². The number of fused-ring (bicyclic) bond motifs is 1. The van der Waals surface area contributed by atoms with Crippen molar-refractivity contribution < 1.29 is 29.2 Å². The molecule has 2 rings (SSSR count). The van der Waals surface area contributed by atoms with Gasteiger partial charge in [0.15, 0.2) is 5.60 Å². The normalized spacial score (nSPS) is 19.0. The number of benzene rings is 1. The average Bonchev–Trinajstić information content (AvgIpc) is 2.70. The second kappa shape index (κ2) is 6.13. The number of anilines is 1. The number of ether oxygens (including phenoxy) is 1. The number of ketones is 1. The topological polar surface area (TPSA) is 136 Å². The van der Waals surface area contributed by atoms with Crippen LogP contribution < -0.4 is 5.32 Å². The summed E-state index contributed by atoms with van der Waals surface area (Å²) in [5, 5.41) is 23.7. The molecule has 0 saturated carbocycles. The minimum absolute atomic E-state index is 0.0612.